The number of ether oxygens (including phenoxy) is 1. The van der Waals surface area contributed by atoms with Crippen molar-refractivity contribution in [3.05, 3.63) is 71.3 Å². The first kappa shape index (κ1) is 16.3. The topological polar surface area (TPSA) is 26.3 Å². The van der Waals surface area contributed by atoms with Crippen molar-refractivity contribution in [1.29, 1.82) is 0 Å². The SMILES string of the molecule is Cc1ccccc1C(C)C(OC(=O)c1ccccc1)C(C)C. The summed E-state index contributed by atoms with van der Waals surface area (Å²) in [4.78, 5) is 12.4. The zero-order valence-corrected chi connectivity index (χ0v) is 13.7. The van der Waals surface area contributed by atoms with Crippen molar-refractivity contribution in [3.63, 3.8) is 0 Å². The Hall–Kier alpha value is -2.09. The fourth-order valence-electron chi connectivity index (χ4n) is 2.86. The van der Waals surface area contributed by atoms with Crippen LogP contribution in [0.4, 0.5) is 0 Å². The van der Waals surface area contributed by atoms with Gasteiger partial charge in [0.15, 0.2) is 0 Å². The number of esters is 1. The van der Waals surface area contributed by atoms with Crippen LogP contribution in [0.3, 0.4) is 0 Å². The molecule has 2 nitrogen and oxygen atoms in total. The Morgan fingerprint density at radius 1 is 0.909 bits per heavy atom. The Morgan fingerprint density at radius 2 is 1.50 bits per heavy atom. The molecule has 0 amide bonds. The second kappa shape index (κ2) is 7.26. The van der Waals surface area contributed by atoms with Gasteiger partial charge >= 0.3 is 5.97 Å². The average Bonchev–Trinajstić information content (AvgIpc) is 2.52. The molecule has 0 fully saturated rings. The van der Waals surface area contributed by atoms with Crippen LogP contribution in [0.25, 0.3) is 0 Å². The molecular formula is C20H24O2. The normalized spacial score (nSPS) is 13.7. The molecule has 0 radical (unpaired) electrons. The maximum absolute atomic E-state index is 12.4. The lowest BCUT2D eigenvalue weighted by Gasteiger charge is -2.28. The van der Waals surface area contributed by atoms with Crippen molar-refractivity contribution in [2.45, 2.75) is 39.7 Å². The quantitative estimate of drug-likeness (QED) is 0.727. The Kier molecular flexibility index (Phi) is 5.37. The highest BCUT2D eigenvalue weighted by Crippen LogP contribution is 2.29. The highest BCUT2D eigenvalue weighted by molar-refractivity contribution is 5.89. The van der Waals surface area contributed by atoms with Gasteiger partial charge in [0.1, 0.15) is 6.10 Å². The minimum atomic E-state index is -0.250. The lowest BCUT2D eigenvalue weighted by Crippen LogP contribution is -2.29. The van der Waals surface area contributed by atoms with Crippen LogP contribution in [0.1, 0.15) is 48.2 Å². The van der Waals surface area contributed by atoms with Gasteiger partial charge < -0.3 is 4.74 Å². The number of rotatable bonds is 5. The van der Waals surface area contributed by atoms with Gasteiger partial charge in [-0.3, -0.25) is 0 Å². The first-order chi connectivity index (χ1) is 10.5. The molecule has 0 bridgehead atoms. The average molecular weight is 296 g/mol. The molecule has 2 atom stereocenters. The summed E-state index contributed by atoms with van der Waals surface area (Å²) >= 11 is 0. The second-order valence-electron chi connectivity index (χ2n) is 6.13. The standard InChI is InChI=1S/C20H24O2/c1-14(2)19(16(4)18-13-9-8-10-15(18)3)22-20(21)17-11-6-5-7-12-17/h5-14,16,19H,1-4H3. The van der Waals surface area contributed by atoms with Gasteiger partial charge in [0.05, 0.1) is 5.56 Å². The highest BCUT2D eigenvalue weighted by Gasteiger charge is 2.27. The predicted molar refractivity (Wildman–Crippen MR) is 90.1 cm³/mol. The first-order valence-corrected chi connectivity index (χ1v) is 7.82. The van der Waals surface area contributed by atoms with E-state index in [1.54, 1.807) is 12.1 Å². The van der Waals surface area contributed by atoms with Crippen LogP contribution in [-0.4, -0.2) is 12.1 Å². The Bertz CT molecular complexity index is 617. The van der Waals surface area contributed by atoms with E-state index in [4.69, 9.17) is 4.74 Å². The van der Waals surface area contributed by atoms with E-state index in [9.17, 15) is 4.79 Å². The molecule has 2 unspecified atom stereocenters. The second-order valence-corrected chi connectivity index (χ2v) is 6.13. The van der Waals surface area contributed by atoms with E-state index in [2.05, 4.69) is 39.8 Å². The molecule has 0 heterocycles. The van der Waals surface area contributed by atoms with Gasteiger partial charge in [-0.2, -0.15) is 0 Å². The summed E-state index contributed by atoms with van der Waals surface area (Å²) in [6.45, 7) is 8.42. The molecule has 0 spiro atoms. The maximum atomic E-state index is 12.4. The summed E-state index contributed by atoms with van der Waals surface area (Å²) < 4.78 is 5.83. The lowest BCUT2D eigenvalue weighted by molar-refractivity contribution is 0.0112. The van der Waals surface area contributed by atoms with E-state index in [1.807, 2.05) is 30.3 Å². The molecule has 0 aliphatic rings. The fraction of sp³-hybridized carbons (Fsp3) is 0.350. The molecule has 0 aliphatic heterocycles. The molecule has 116 valence electrons. The van der Waals surface area contributed by atoms with Crippen LogP contribution in [0.15, 0.2) is 54.6 Å². The summed E-state index contributed by atoms with van der Waals surface area (Å²) in [6.07, 6.45) is -0.145. The number of carbonyl (C=O) groups is 1. The van der Waals surface area contributed by atoms with Crippen LogP contribution >= 0.6 is 0 Å². The molecular weight excluding hydrogens is 272 g/mol. The maximum Gasteiger partial charge on any atom is 0.338 e. The third kappa shape index (κ3) is 3.76. The zero-order chi connectivity index (χ0) is 16.1. The third-order valence-corrected chi connectivity index (χ3v) is 4.08. The monoisotopic (exact) mass is 296 g/mol. The van der Waals surface area contributed by atoms with Gasteiger partial charge in [-0.1, -0.05) is 63.2 Å². The van der Waals surface area contributed by atoms with E-state index in [0.29, 0.717) is 5.56 Å². The van der Waals surface area contributed by atoms with Crippen molar-refractivity contribution in [2.75, 3.05) is 0 Å². The molecule has 0 aliphatic carbocycles. The molecule has 2 aromatic carbocycles. The first-order valence-electron chi connectivity index (χ1n) is 7.82. The van der Waals surface area contributed by atoms with E-state index < -0.39 is 0 Å². The molecule has 22 heavy (non-hydrogen) atoms. The summed E-state index contributed by atoms with van der Waals surface area (Å²) in [5, 5.41) is 0. The van der Waals surface area contributed by atoms with Crippen LogP contribution in [-0.2, 0) is 4.74 Å². The van der Waals surface area contributed by atoms with E-state index in [1.165, 1.54) is 11.1 Å². The summed E-state index contributed by atoms with van der Waals surface area (Å²) in [6, 6.07) is 17.5. The van der Waals surface area contributed by atoms with Crippen molar-refractivity contribution in [3.8, 4) is 0 Å². The minimum Gasteiger partial charge on any atom is -0.458 e. The van der Waals surface area contributed by atoms with Gasteiger partial charge in [0.25, 0.3) is 0 Å². The van der Waals surface area contributed by atoms with Crippen LogP contribution in [0.2, 0.25) is 0 Å². The van der Waals surface area contributed by atoms with Crippen molar-refractivity contribution in [2.24, 2.45) is 5.92 Å². The van der Waals surface area contributed by atoms with Crippen LogP contribution in [0.5, 0.6) is 0 Å². The summed E-state index contributed by atoms with van der Waals surface area (Å²) in [5.74, 6) is 0.163. The van der Waals surface area contributed by atoms with Gasteiger partial charge in [-0.15, -0.1) is 0 Å². The molecule has 0 saturated carbocycles. The van der Waals surface area contributed by atoms with Gasteiger partial charge in [0, 0.05) is 5.92 Å². The number of carbonyl (C=O) groups excluding carboxylic acids is 1. The zero-order valence-electron chi connectivity index (χ0n) is 13.7. The summed E-state index contributed by atoms with van der Waals surface area (Å²) in [7, 11) is 0. The summed E-state index contributed by atoms with van der Waals surface area (Å²) in [5.41, 5.74) is 3.07. The van der Waals surface area contributed by atoms with Crippen LogP contribution < -0.4 is 0 Å². The van der Waals surface area contributed by atoms with Crippen molar-refractivity contribution in [1.82, 2.24) is 0 Å². The molecule has 0 N–H and O–H groups in total. The van der Waals surface area contributed by atoms with Crippen LogP contribution in [0, 0.1) is 12.8 Å². The molecule has 0 saturated heterocycles. The Balaban J connectivity index is 2.20. The molecule has 0 aromatic heterocycles. The number of hydrogen-bond donors (Lipinski definition) is 0. The Labute approximate surface area is 133 Å². The van der Waals surface area contributed by atoms with Crippen molar-refractivity contribution >= 4 is 5.97 Å². The minimum absolute atomic E-state index is 0.145. The highest BCUT2D eigenvalue weighted by atomic mass is 16.5. The van der Waals surface area contributed by atoms with Crippen molar-refractivity contribution < 1.29 is 9.53 Å². The van der Waals surface area contributed by atoms with E-state index >= 15 is 0 Å². The lowest BCUT2D eigenvalue weighted by atomic mass is 9.86. The number of aryl methyl sites for hydroxylation is 1. The van der Waals surface area contributed by atoms with Gasteiger partial charge in [-0.05, 0) is 36.1 Å². The molecule has 2 rings (SSSR count). The third-order valence-electron chi connectivity index (χ3n) is 4.08. The smallest absolute Gasteiger partial charge is 0.338 e. The molecule has 2 aromatic rings. The fourth-order valence-corrected chi connectivity index (χ4v) is 2.86. The van der Waals surface area contributed by atoms with E-state index in [-0.39, 0.29) is 23.9 Å². The largest absolute Gasteiger partial charge is 0.458 e. The number of benzene rings is 2. The van der Waals surface area contributed by atoms with Gasteiger partial charge in [-0.25, -0.2) is 4.79 Å². The van der Waals surface area contributed by atoms with E-state index in [0.717, 1.165) is 0 Å². The molecule has 2 heteroatoms. The Morgan fingerprint density at radius 3 is 2.09 bits per heavy atom. The van der Waals surface area contributed by atoms with Gasteiger partial charge in [0.2, 0.25) is 0 Å². The number of hydrogen-bond acceptors (Lipinski definition) is 2. The predicted octanol–water partition coefficient (Wildman–Crippen LogP) is 4.98.